The van der Waals surface area contributed by atoms with Crippen molar-refractivity contribution in [2.24, 2.45) is 5.92 Å². The standard InChI is InChI=1S/C40H35N/c1-5-36(34-17-10-9-16-33(34)28-12-7-6-8-13-28)41(4)37-23-21-31(24-26(37)2)38-27(3)25-32-19-18-29-14-11-15-30-20-22-35(38)40(32)39(29)30/h6-21,23-25,27,35,38H,1,22H2,2-4H3. The second-order valence-electron chi connectivity index (χ2n) is 11.7. The predicted molar refractivity (Wildman–Crippen MR) is 175 cm³/mol. The second kappa shape index (κ2) is 10.1. The van der Waals surface area contributed by atoms with Crippen molar-refractivity contribution in [1.29, 1.82) is 0 Å². The molecule has 5 aromatic rings. The van der Waals surface area contributed by atoms with Crippen LogP contribution < -0.4 is 15.3 Å². The van der Waals surface area contributed by atoms with E-state index in [1.54, 1.807) is 5.56 Å². The molecule has 0 fully saturated rings. The van der Waals surface area contributed by atoms with Crippen molar-refractivity contribution >= 4 is 34.3 Å². The minimum absolute atomic E-state index is 0.448. The van der Waals surface area contributed by atoms with E-state index in [1.165, 1.54) is 49.2 Å². The Kier molecular flexibility index (Phi) is 6.26. The Morgan fingerprint density at radius 3 is 2.46 bits per heavy atom. The maximum atomic E-state index is 4.11. The summed E-state index contributed by atoms with van der Waals surface area (Å²) >= 11 is 0. The largest absolute Gasteiger partial charge is 0.337 e. The maximum absolute atomic E-state index is 4.11. The van der Waals surface area contributed by atoms with E-state index >= 15 is 0 Å². The minimum atomic E-state index is 0.448. The molecule has 0 spiro atoms. The first-order valence-corrected chi connectivity index (χ1v) is 14.7. The van der Waals surface area contributed by atoms with Gasteiger partial charge in [0.15, 0.2) is 0 Å². The summed E-state index contributed by atoms with van der Waals surface area (Å²) in [5, 5.41) is 5.64. The van der Waals surface area contributed by atoms with Gasteiger partial charge in [0, 0.05) is 18.3 Å². The van der Waals surface area contributed by atoms with Gasteiger partial charge < -0.3 is 4.90 Å². The first kappa shape index (κ1) is 25.4. The second-order valence-corrected chi connectivity index (χ2v) is 11.7. The highest BCUT2D eigenvalue weighted by Gasteiger charge is 2.34. The summed E-state index contributed by atoms with van der Waals surface area (Å²) in [5.74, 6) is 1.41. The monoisotopic (exact) mass is 529 g/mol. The number of hydrogen-bond donors (Lipinski definition) is 0. The summed E-state index contributed by atoms with van der Waals surface area (Å²) < 4.78 is 0. The van der Waals surface area contributed by atoms with Crippen LogP contribution in [0.25, 0.3) is 39.7 Å². The van der Waals surface area contributed by atoms with Gasteiger partial charge in [-0.25, -0.2) is 0 Å². The fourth-order valence-electron chi connectivity index (χ4n) is 7.49. The molecule has 0 saturated heterocycles. The smallest absolute Gasteiger partial charge is 0.0915 e. The van der Waals surface area contributed by atoms with Gasteiger partial charge in [-0.15, -0.1) is 5.73 Å². The summed E-state index contributed by atoms with van der Waals surface area (Å²) in [7, 11) is 2.13. The molecule has 0 N–H and O–H groups in total. The Labute approximate surface area is 243 Å². The van der Waals surface area contributed by atoms with Gasteiger partial charge in [-0.3, -0.25) is 0 Å². The molecule has 0 bridgehead atoms. The van der Waals surface area contributed by atoms with Crippen LogP contribution in [0, 0.1) is 12.8 Å². The first-order valence-electron chi connectivity index (χ1n) is 14.7. The molecule has 200 valence electrons. The van der Waals surface area contributed by atoms with E-state index in [0.717, 1.165) is 17.7 Å². The third-order valence-electron chi connectivity index (χ3n) is 9.29. The van der Waals surface area contributed by atoms with E-state index < -0.39 is 0 Å². The molecule has 0 amide bonds. The number of aryl methyl sites for hydroxylation is 1. The zero-order chi connectivity index (χ0) is 28.1. The Hall–Kier alpha value is -4.58. The Morgan fingerprint density at radius 2 is 1.66 bits per heavy atom. The van der Waals surface area contributed by atoms with Crippen LogP contribution >= 0.6 is 0 Å². The third-order valence-corrected chi connectivity index (χ3v) is 9.29. The van der Waals surface area contributed by atoms with Crippen LogP contribution in [-0.4, -0.2) is 7.05 Å². The fraction of sp³-hybridized carbons (Fsp3) is 0.175. The van der Waals surface area contributed by atoms with Gasteiger partial charge >= 0.3 is 0 Å². The molecule has 0 heterocycles. The molecule has 41 heavy (non-hydrogen) atoms. The zero-order valence-corrected chi connectivity index (χ0v) is 24.1. The summed E-state index contributed by atoms with van der Waals surface area (Å²) in [5.41, 5.74) is 13.2. The topological polar surface area (TPSA) is 3.24 Å². The highest BCUT2D eigenvalue weighted by molar-refractivity contribution is 5.90. The van der Waals surface area contributed by atoms with Crippen LogP contribution in [0.1, 0.15) is 47.4 Å². The molecule has 3 atom stereocenters. The van der Waals surface area contributed by atoms with Crippen molar-refractivity contribution in [2.45, 2.75) is 32.1 Å². The average molecular weight is 530 g/mol. The highest BCUT2D eigenvalue weighted by Crippen LogP contribution is 2.46. The Morgan fingerprint density at radius 1 is 0.854 bits per heavy atom. The first-order chi connectivity index (χ1) is 20.0. The lowest BCUT2D eigenvalue weighted by molar-refractivity contribution is 0.461. The van der Waals surface area contributed by atoms with Gasteiger partial charge in [-0.1, -0.05) is 123 Å². The molecule has 0 aliphatic heterocycles. The van der Waals surface area contributed by atoms with Crippen molar-refractivity contribution in [3.63, 3.8) is 0 Å². The molecule has 5 aromatic carbocycles. The van der Waals surface area contributed by atoms with Crippen LogP contribution in [0.4, 0.5) is 5.69 Å². The van der Waals surface area contributed by atoms with Crippen molar-refractivity contribution in [2.75, 3.05) is 11.9 Å². The van der Waals surface area contributed by atoms with Crippen LogP contribution in [0.15, 0.2) is 115 Å². The molecule has 2 aliphatic rings. The average Bonchev–Trinajstić information content (AvgIpc) is 3.00. The summed E-state index contributed by atoms with van der Waals surface area (Å²) in [6.45, 7) is 8.75. The van der Waals surface area contributed by atoms with E-state index in [1.807, 2.05) is 0 Å². The van der Waals surface area contributed by atoms with Gasteiger partial charge in [-0.2, -0.15) is 0 Å². The van der Waals surface area contributed by atoms with Gasteiger partial charge in [0.25, 0.3) is 0 Å². The predicted octanol–water partition coefficient (Wildman–Crippen LogP) is 8.56. The van der Waals surface area contributed by atoms with Crippen molar-refractivity contribution in [3.05, 3.63) is 148 Å². The van der Waals surface area contributed by atoms with Gasteiger partial charge in [-0.05, 0) is 86.2 Å². The molecule has 7 rings (SSSR count). The number of hydrogen-bond acceptors (Lipinski definition) is 1. The van der Waals surface area contributed by atoms with E-state index in [9.17, 15) is 0 Å². The molecular weight excluding hydrogens is 494 g/mol. The molecule has 1 nitrogen and oxygen atoms in total. The molecule has 0 aromatic heterocycles. The summed E-state index contributed by atoms with van der Waals surface area (Å²) in [4.78, 5) is 2.24. The summed E-state index contributed by atoms with van der Waals surface area (Å²) in [6.07, 6.45) is 6.06. The Bertz CT molecular complexity index is 1970. The molecule has 0 saturated carbocycles. The lowest BCUT2D eigenvalue weighted by Gasteiger charge is -2.37. The lowest BCUT2D eigenvalue weighted by Crippen LogP contribution is -2.32. The van der Waals surface area contributed by atoms with Crippen molar-refractivity contribution in [3.8, 4) is 11.1 Å². The highest BCUT2D eigenvalue weighted by atomic mass is 15.1. The van der Waals surface area contributed by atoms with Crippen molar-refractivity contribution < 1.29 is 0 Å². The zero-order valence-electron chi connectivity index (χ0n) is 24.1. The number of nitrogens with zero attached hydrogens (tertiary/aromatic N) is 1. The molecular formula is C40H35N. The quantitative estimate of drug-likeness (QED) is 0.206. The van der Waals surface area contributed by atoms with E-state index in [2.05, 4.69) is 153 Å². The summed E-state index contributed by atoms with van der Waals surface area (Å²) in [6, 6.07) is 37.6. The fourth-order valence-corrected chi connectivity index (χ4v) is 7.49. The van der Waals surface area contributed by atoms with Gasteiger partial charge in [0.05, 0.1) is 5.70 Å². The van der Waals surface area contributed by atoms with E-state index in [0.29, 0.717) is 17.8 Å². The third kappa shape index (κ3) is 4.17. The van der Waals surface area contributed by atoms with Gasteiger partial charge in [0.1, 0.15) is 0 Å². The minimum Gasteiger partial charge on any atom is -0.337 e. The molecule has 0 radical (unpaired) electrons. The van der Waals surface area contributed by atoms with Crippen LogP contribution in [0.3, 0.4) is 0 Å². The van der Waals surface area contributed by atoms with E-state index in [-0.39, 0.29) is 0 Å². The molecule has 3 unspecified atom stereocenters. The number of rotatable bonds is 5. The van der Waals surface area contributed by atoms with E-state index in [4.69, 9.17) is 0 Å². The SMILES string of the molecule is C=C=C(c1ccccc1-c1ccccc1)N(C)c1ccc(C2C(C)C=c3ccc4cccc5c4c3C2CC=5)cc1C. The van der Waals surface area contributed by atoms with Crippen LogP contribution in [0.5, 0.6) is 0 Å². The lowest BCUT2D eigenvalue weighted by atomic mass is 9.66. The Balaban J connectivity index is 1.26. The molecule has 2 aliphatic carbocycles. The van der Waals surface area contributed by atoms with Crippen LogP contribution in [-0.2, 0) is 0 Å². The van der Waals surface area contributed by atoms with Gasteiger partial charge in [0.2, 0.25) is 0 Å². The van der Waals surface area contributed by atoms with Crippen molar-refractivity contribution in [1.82, 2.24) is 0 Å². The number of anilines is 1. The normalized spacial score (nSPS) is 18.7. The maximum Gasteiger partial charge on any atom is 0.0915 e. The van der Waals surface area contributed by atoms with Crippen LogP contribution in [0.2, 0.25) is 0 Å². The number of benzene rings is 5. The molecule has 1 heteroatoms.